The molecule has 1 amide bonds. The van der Waals surface area contributed by atoms with Crippen molar-refractivity contribution in [3.05, 3.63) is 53.9 Å². The molecule has 0 radical (unpaired) electrons. The van der Waals surface area contributed by atoms with Crippen LogP contribution < -0.4 is 0 Å². The Balaban J connectivity index is 1.72. The third kappa shape index (κ3) is 4.05. The van der Waals surface area contributed by atoms with Crippen LogP contribution in [-0.4, -0.2) is 48.9 Å². The molecule has 150 valence electrons. The summed E-state index contributed by atoms with van der Waals surface area (Å²) >= 11 is 1.47. The lowest BCUT2D eigenvalue weighted by molar-refractivity contribution is -0.129. The zero-order chi connectivity index (χ0) is 20.4. The van der Waals surface area contributed by atoms with Gasteiger partial charge in [0.05, 0.1) is 10.9 Å². The van der Waals surface area contributed by atoms with Crippen molar-refractivity contribution in [3.63, 3.8) is 0 Å². The summed E-state index contributed by atoms with van der Waals surface area (Å²) < 4.78 is 2.04. The van der Waals surface area contributed by atoms with E-state index in [0.29, 0.717) is 0 Å². The number of thioether (sulfide) groups is 1. The van der Waals surface area contributed by atoms with Gasteiger partial charge in [0.15, 0.2) is 11.0 Å². The summed E-state index contributed by atoms with van der Waals surface area (Å²) in [6.45, 7) is 7.87. The summed E-state index contributed by atoms with van der Waals surface area (Å²) in [6, 6.07) is 10.2. The predicted octanol–water partition coefficient (Wildman–Crippen LogP) is 4.05. The van der Waals surface area contributed by atoms with E-state index in [4.69, 9.17) is 0 Å². The van der Waals surface area contributed by atoms with E-state index in [-0.39, 0.29) is 11.2 Å². The van der Waals surface area contributed by atoms with Crippen LogP contribution in [0.3, 0.4) is 0 Å². The second kappa shape index (κ2) is 8.37. The molecule has 0 saturated carbocycles. The van der Waals surface area contributed by atoms with Crippen molar-refractivity contribution in [2.45, 2.75) is 44.0 Å². The molecule has 7 heteroatoms. The van der Waals surface area contributed by atoms with E-state index in [9.17, 15) is 4.79 Å². The summed E-state index contributed by atoms with van der Waals surface area (Å²) in [5.41, 5.74) is 4.37. The number of likely N-dealkylation sites (tertiary alicyclic amines) is 1. The molecule has 29 heavy (non-hydrogen) atoms. The lowest BCUT2D eigenvalue weighted by Gasteiger charge is -2.20. The molecule has 3 aromatic rings. The molecule has 1 aliphatic heterocycles. The maximum Gasteiger partial charge on any atom is 0.235 e. The van der Waals surface area contributed by atoms with Crippen LogP contribution in [0, 0.1) is 13.8 Å². The highest BCUT2D eigenvalue weighted by molar-refractivity contribution is 8.00. The van der Waals surface area contributed by atoms with E-state index in [0.717, 1.165) is 48.2 Å². The van der Waals surface area contributed by atoms with Crippen LogP contribution in [0.2, 0.25) is 0 Å². The van der Waals surface area contributed by atoms with E-state index >= 15 is 0 Å². The smallest absolute Gasteiger partial charge is 0.235 e. The normalized spacial score (nSPS) is 14.9. The van der Waals surface area contributed by atoms with Gasteiger partial charge in [0.25, 0.3) is 0 Å². The molecule has 1 fully saturated rings. The minimum Gasteiger partial charge on any atom is -0.342 e. The molecule has 0 unspecified atom stereocenters. The fraction of sp³-hybridized carbons (Fsp3) is 0.364. The van der Waals surface area contributed by atoms with Crippen LogP contribution in [-0.2, 0) is 4.79 Å². The number of hydrogen-bond acceptors (Lipinski definition) is 5. The molecule has 2 aromatic heterocycles. The molecular weight excluding hydrogens is 382 g/mol. The summed E-state index contributed by atoms with van der Waals surface area (Å²) in [6.07, 6.45) is 5.68. The topological polar surface area (TPSA) is 63.9 Å². The van der Waals surface area contributed by atoms with Gasteiger partial charge in [-0.3, -0.25) is 14.3 Å². The standard InChI is InChI=1S/C22H25N5OS/c1-15-6-7-19(14-16(15)2)27-20(18-8-10-23-11-9-18)24-25-22(27)29-17(3)21(28)26-12-4-5-13-26/h6-11,14,17H,4-5,12-13H2,1-3H3/t17-/m1/s1. The molecule has 0 spiro atoms. The first kappa shape index (κ1) is 19.6. The van der Waals surface area contributed by atoms with Gasteiger partial charge >= 0.3 is 0 Å². The Morgan fingerprint density at radius 1 is 1.03 bits per heavy atom. The molecule has 1 saturated heterocycles. The summed E-state index contributed by atoms with van der Waals surface area (Å²) in [7, 11) is 0. The Morgan fingerprint density at radius 2 is 1.76 bits per heavy atom. The summed E-state index contributed by atoms with van der Waals surface area (Å²) in [4.78, 5) is 18.9. The van der Waals surface area contributed by atoms with E-state index in [1.807, 2.05) is 28.5 Å². The van der Waals surface area contributed by atoms with Gasteiger partial charge < -0.3 is 4.90 Å². The van der Waals surface area contributed by atoms with E-state index in [2.05, 4.69) is 47.2 Å². The van der Waals surface area contributed by atoms with Crippen LogP contribution >= 0.6 is 11.8 Å². The van der Waals surface area contributed by atoms with Crippen LogP contribution in [0.5, 0.6) is 0 Å². The first-order chi connectivity index (χ1) is 14.0. The monoisotopic (exact) mass is 407 g/mol. The number of rotatable bonds is 5. The van der Waals surface area contributed by atoms with Crippen LogP contribution in [0.15, 0.2) is 47.9 Å². The maximum absolute atomic E-state index is 12.8. The third-order valence-electron chi connectivity index (χ3n) is 5.37. The quantitative estimate of drug-likeness (QED) is 0.597. The highest BCUT2D eigenvalue weighted by Crippen LogP contribution is 2.31. The highest BCUT2D eigenvalue weighted by Gasteiger charge is 2.27. The third-order valence-corrected chi connectivity index (χ3v) is 6.40. The van der Waals surface area contributed by atoms with E-state index < -0.39 is 0 Å². The van der Waals surface area contributed by atoms with Crippen molar-refractivity contribution >= 4 is 17.7 Å². The number of nitrogens with zero attached hydrogens (tertiary/aromatic N) is 5. The molecular formula is C22H25N5OS. The zero-order valence-corrected chi connectivity index (χ0v) is 17.8. The lowest BCUT2D eigenvalue weighted by Crippen LogP contribution is -2.34. The second-order valence-corrected chi connectivity index (χ2v) is 8.75. The maximum atomic E-state index is 12.8. The van der Waals surface area contributed by atoms with Crippen LogP contribution in [0.25, 0.3) is 17.1 Å². The fourth-order valence-corrected chi connectivity index (χ4v) is 4.49. The Morgan fingerprint density at radius 3 is 2.45 bits per heavy atom. The van der Waals surface area contributed by atoms with E-state index in [1.165, 1.54) is 22.9 Å². The van der Waals surface area contributed by atoms with Gasteiger partial charge in [-0.1, -0.05) is 17.8 Å². The molecule has 3 heterocycles. The predicted molar refractivity (Wildman–Crippen MR) is 115 cm³/mol. The SMILES string of the molecule is Cc1ccc(-n2c(S[C@H](C)C(=O)N3CCCC3)nnc2-c2ccncc2)cc1C. The number of benzene rings is 1. The number of carbonyl (C=O) groups excluding carboxylic acids is 1. The Kier molecular flexibility index (Phi) is 5.67. The van der Waals surface area contributed by atoms with Gasteiger partial charge in [-0.25, -0.2) is 0 Å². The van der Waals surface area contributed by atoms with Gasteiger partial charge in [0, 0.05) is 31.0 Å². The Bertz CT molecular complexity index is 1010. The zero-order valence-electron chi connectivity index (χ0n) is 17.0. The van der Waals surface area contributed by atoms with Gasteiger partial charge in [-0.05, 0) is 69.0 Å². The molecule has 0 N–H and O–H groups in total. The number of amides is 1. The average Bonchev–Trinajstić information content (AvgIpc) is 3.40. The first-order valence-electron chi connectivity index (χ1n) is 9.93. The van der Waals surface area contributed by atoms with Crippen LogP contribution in [0.4, 0.5) is 0 Å². The summed E-state index contributed by atoms with van der Waals surface area (Å²) in [5, 5.41) is 9.43. The summed E-state index contributed by atoms with van der Waals surface area (Å²) in [5.74, 6) is 0.923. The fourth-order valence-electron chi connectivity index (χ4n) is 3.53. The molecule has 6 nitrogen and oxygen atoms in total. The average molecular weight is 408 g/mol. The number of pyridine rings is 1. The highest BCUT2D eigenvalue weighted by atomic mass is 32.2. The van der Waals surface area contributed by atoms with Crippen molar-refractivity contribution in [1.82, 2.24) is 24.6 Å². The van der Waals surface area contributed by atoms with Crippen molar-refractivity contribution in [1.29, 1.82) is 0 Å². The van der Waals surface area contributed by atoms with Crippen LogP contribution in [0.1, 0.15) is 30.9 Å². The molecule has 1 aliphatic rings. The lowest BCUT2D eigenvalue weighted by atomic mass is 10.1. The van der Waals surface area contributed by atoms with Gasteiger partial charge in [0.1, 0.15) is 0 Å². The number of carbonyl (C=O) groups is 1. The minimum absolute atomic E-state index is 0.174. The van der Waals surface area contributed by atoms with Gasteiger partial charge in [-0.2, -0.15) is 0 Å². The van der Waals surface area contributed by atoms with Gasteiger partial charge in [0.2, 0.25) is 5.91 Å². The molecule has 0 bridgehead atoms. The number of aromatic nitrogens is 4. The number of aryl methyl sites for hydroxylation is 2. The van der Waals surface area contributed by atoms with Crippen molar-refractivity contribution < 1.29 is 4.79 Å². The Hall–Kier alpha value is -2.67. The molecule has 0 aliphatic carbocycles. The molecule has 1 aromatic carbocycles. The van der Waals surface area contributed by atoms with Crippen molar-refractivity contribution in [3.8, 4) is 17.1 Å². The Labute approximate surface area is 175 Å². The second-order valence-electron chi connectivity index (χ2n) is 7.44. The van der Waals surface area contributed by atoms with E-state index in [1.54, 1.807) is 12.4 Å². The number of hydrogen-bond donors (Lipinski definition) is 0. The van der Waals surface area contributed by atoms with Crippen molar-refractivity contribution in [2.24, 2.45) is 0 Å². The minimum atomic E-state index is -0.215. The first-order valence-corrected chi connectivity index (χ1v) is 10.8. The largest absolute Gasteiger partial charge is 0.342 e. The molecule has 4 rings (SSSR count). The van der Waals surface area contributed by atoms with Gasteiger partial charge in [-0.15, -0.1) is 10.2 Å². The molecule has 1 atom stereocenters. The van der Waals surface area contributed by atoms with Crippen molar-refractivity contribution in [2.75, 3.05) is 13.1 Å².